The Morgan fingerprint density at radius 1 is 1.14 bits per heavy atom. The van der Waals surface area contributed by atoms with Crippen molar-refractivity contribution in [2.45, 2.75) is 32.4 Å². The average Bonchev–Trinajstić information content (AvgIpc) is 2.70. The van der Waals surface area contributed by atoms with E-state index in [0.717, 1.165) is 32.5 Å². The van der Waals surface area contributed by atoms with Crippen LogP contribution in [0.15, 0.2) is 47.5 Å². The highest BCUT2D eigenvalue weighted by Crippen LogP contribution is 2.18. The first kappa shape index (κ1) is 20.1. The van der Waals surface area contributed by atoms with E-state index in [2.05, 4.69) is 4.90 Å². The maximum absolute atomic E-state index is 12.7. The number of hydrogen-bond donors (Lipinski definition) is 1. The van der Waals surface area contributed by atoms with E-state index in [9.17, 15) is 14.7 Å². The molecule has 7 nitrogen and oxygen atoms in total. The van der Waals surface area contributed by atoms with Crippen molar-refractivity contribution in [1.29, 1.82) is 0 Å². The molecule has 7 heteroatoms. The van der Waals surface area contributed by atoms with Gasteiger partial charge in [-0.2, -0.15) is 0 Å². The molecule has 1 aromatic heterocycles. The number of para-hydroxylation sites is 1. The molecule has 150 valence electrons. The van der Waals surface area contributed by atoms with Crippen molar-refractivity contribution in [1.82, 2.24) is 9.47 Å². The minimum absolute atomic E-state index is 0.0376. The number of aliphatic hydroxyl groups is 1. The van der Waals surface area contributed by atoms with Gasteiger partial charge < -0.3 is 24.0 Å². The van der Waals surface area contributed by atoms with Crippen LogP contribution in [0.4, 0.5) is 0 Å². The van der Waals surface area contributed by atoms with E-state index in [0.29, 0.717) is 12.3 Å². The van der Waals surface area contributed by atoms with Crippen LogP contribution in [-0.2, 0) is 11.3 Å². The average molecular weight is 386 g/mol. The number of carbonyl (C=O) groups excluding carboxylic acids is 1. The van der Waals surface area contributed by atoms with E-state index in [-0.39, 0.29) is 24.0 Å². The summed E-state index contributed by atoms with van der Waals surface area (Å²) < 4.78 is 12.6. The first-order valence-electron chi connectivity index (χ1n) is 9.61. The van der Waals surface area contributed by atoms with Crippen molar-refractivity contribution in [2.75, 3.05) is 26.2 Å². The lowest BCUT2D eigenvalue weighted by molar-refractivity contribution is 0.0522. The van der Waals surface area contributed by atoms with Gasteiger partial charge in [-0.15, -0.1) is 0 Å². The summed E-state index contributed by atoms with van der Waals surface area (Å²) in [5.74, 6) is -0.0381. The molecule has 1 aliphatic heterocycles. The summed E-state index contributed by atoms with van der Waals surface area (Å²) in [5.41, 5.74) is -0.524. The number of hydrogen-bond acceptors (Lipinski definition) is 6. The van der Waals surface area contributed by atoms with Crippen LogP contribution >= 0.6 is 0 Å². The normalized spacial score (nSPS) is 15.4. The highest BCUT2D eigenvalue weighted by atomic mass is 16.5. The summed E-state index contributed by atoms with van der Waals surface area (Å²) in [5, 5.41) is 9.63. The summed E-state index contributed by atoms with van der Waals surface area (Å²) in [6.45, 7) is 4.90. The fourth-order valence-electron chi connectivity index (χ4n) is 3.18. The second kappa shape index (κ2) is 9.52. The number of piperidine rings is 1. The Labute approximate surface area is 164 Å². The molecule has 1 N–H and O–H groups in total. The summed E-state index contributed by atoms with van der Waals surface area (Å²) in [4.78, 5) is 27.2. The van der Waals surface area contributed by atoms with Crippen LogP contribution in [0.5, 0.6) is 11.5 Å². The molecule has 0 bridgehead atoms. The molecule has 1 aromatic carbocycles. The number of pyridine rings is 1. The fraction of sp³-hybridized carbons (Fsp3) is 0.429. The van der Waals surface area contributed by atoms with Gasteiger partial charge in [-0.05, 0) is 31.9 Å². The van der Waals surface area contributed by atoms with E-state index in [1.807, 2.05) is 18.2 Å². The van der Waals surface area contributed by atoms with Gasteiger partial charge in [0.25, 0.3) is 0 Å². The van der Waals surface area contributed by atoms with E-state index in [4.69, 9.17) is 9.47 Å². The topological polar surface area (TPSA) is 81.0 Å². The van der Waals surface area contributed by atoms with Crippen LogP contribution in [0.2, 0.25) is 0 Å². The molecular weight excluding hydrogens is 360 g/mol. The lowest BCUT2D eigenvalue weighted by Gasteiger charge is -2.29. The molecule has 2 heterocycles. The molecule has 0 spiro atoms. The SMILES string of the molecule is CCOC(=O)c1cn(CCN2CCC(O)CC2)cc(Oc2ccccc2)c1=O. The molecular formula is C21H26N2O5. The lowest BCUT2D eigenvalue weighted by Crippen LogP contribution is -2.37. The first-order valence-corrected chi connectivity index (χ1v) is 9.61. The Bertz CT molecular complexity index is 842. The Hall–Kier alpha value is -2.64. The molecule has 28 heavy (non-hydrogen) atoms. The maximum Gasteiger partial charge on any atom is 0.343 e. The number of nitrogens with zero attached hydrogens (tertiary/aromatic N) is 2. The summed E-state index contributed by atoms with van der Waals surface area (Å²) >= 11 is 0. The molecule has 0 radical (unpaired) electrons. The predicted molar refractivity (Wildman–Crippen MR) is 105 cm³/mol. The van der Waals surface area contributed by atoms with Gasteiger partial charge in [0.1, 0.15) is 11.3 Å². The van der Waals surface area contributed by atoms with Crippen molar-refractivity contribution in [2.24, 2.45) is 0 Å². The number of ether oxygens (including phenoxy) is 2. The molecule has 0 unspecified atom stereocenters. The van der Waals surface area contributed by atoms with E-state index < -0.39 is 11.4 Å². The Balaban J connectivity index is 1.82. The Morgan fingerprint density at radius 2 is 1.86 bits per heavy atom. The number of rotatable bonds is 7. The van der Waals surface area contributed by atoms with Gasteiger partial charge >= 0.3 is 5.97 Å². The second-order valence-corrected chi connectivity index (χ2v) is 6.81. The largest absolute Gasteiger partial charge is 0.462 e. The van der Waals surface area contributed by atoms with E-state index >= 15 is 0 Å². The summed E-state index contributed by atoms with van der Waals surface area (Å²) in [7, 11) is 0. The summed E-state index contributed by atoms with van der Waals surface area (Å²) in [6.07, 6.45) is 4.46. The third-order valence-electron chi connectivity index (χ3n) is 4.74. The standard InChI is InChI=1S/C21H26N2O5/c1-2-27-21(26)18-14-23(13-12-22-10-8-16(24)9-11-22)15-19(20(18)25)28-17-6-4-3-5-7-17/h3-7,14-16,24H,2,8-13H2,1H3. The molecule has 2 aromatic rings. The fourth-order valence-corrected chi connectivity index (χ4v) is 3.18. The van der Waals surface area contributed by atoms with Crippen LogP contribution in [0, 0.1) is 0 Å². The molecule has 1 saturated heterocycles. The molecule has 0 atom stereocenters. The van der Waals surface area contributed by atoms with Crippen LogP contribution in [0.25, 0.3) is 0 Å². The van der Waals surface area contributed by atoms with Crippen molar-refractivity contribution < 1.29 is 19.4 Å². The highest BCUT2D eigenvalue weighted by molar-refractivity contribution is 5.89. The molecule has 1 fully saturated rings. The van der Waals surface area contributed by atoms with Crippen molar-refractivity contribution >= 4 is 5.97 Å². The number of esters is 1. The molecule has 0 saturated carbocycles. The van der Waals surface area contributed by atoms with Crippen LogP contribution in [-0.4, -0.2) is 52.9 Å². The number of carbonyl (C=O) groups is 1. The van der Waals surface area contributed by atoms with Crippen LogP contribution in [0.3, 0.4) is 0 Å². The second-order valence-electron chi connectivity index (χ2n) is 6.81. The number of benzene rings is 1. The minimum Gasteiger partial charge on any atom is -0.462 e. The van der Waals surface area contributed by atoms with E-state index in [1.165, 1.54) is 6.20 Å². The molecule has 0 aliphatic carbocycles. The van der Waals surface area contributed by atoms with Gasteiger partial charge in [0.05, 0.1) is 18.9 Å². The maximum atomic E-state index is 12.7. The van der Waals surface area contributed by atoms with Gasteiger partial charge in [0, 0.05) is 32.4 Å². The highest BCUT2D eigenvalue weighted by Gasteiger charge is 2.19. The molecule has 0 amide bonds. The Morgan fingerprint density at radius 3 is 2.54 bits per heavy atom. The van der Waals surface area contributed by atoms with Gasteiger partial charge in [-0.3, -0.25) is 4.79 Å². The lowest BCUT2D eigenvalue weighted by atomic mass is 10.1. The number of aliphatic hydroxyl groups excluding tert-OH is 1. The van der Waals surface area contributed by atoms with Gasteiger partial charge in [-0.1, -0.05) is 18.2 Å². The third kappa shape index (κ3) is 5.21. The van der Waals surface area contributed by atoms with E-state index in [1.54, 1.807) is 29.8 Å². The monoisotopic (exact) mass is 386 g/mol. The molecule has 1 aliphatic rings. The van der Waals surface area contributed by atoms with Crippen LogP contribution in [0.1, 0.15) is 30.1 Å². The number of likely N-dealkylation sites (tertiary alicyclic amines) is 1. The Kier molecular flexibility index (Phi) is 6.84. The molecule has 3 rings (SSSR count). The smallest absolute Gasteiger partial charge is 0.343 e. The quantitative estimate of drug-likeness (QED) is 0.736. The summed E-state index contributed by atoms with van der Waals surface area (Å²) in [6, 6.07) is 8.98. The number of aromatic nitrogens is 1. The minimum atomic E-state index is -0.652. The zero-order valence-corrected chi connectivity index (χ0v) is 16.0. The predicted octanol–water partition coefficient (Wildman–Crippen LogP) is 2.27. The zero-order valence-electron chi connectivity index (χ0n) is 16.0. The first-order chi connectivity index (χ1) is 13.6. The van der Waals surface area contributed by atoms with Crippen molar-refractivity contribution in [3.8, 4) is 11.5 Å². The zero-order chi connectivity index (χ0) is 19.9. The van der Waals surface area contributed by atoms with Gasteiger partial charge in [0.2, 0.25) is 5.43 Å². The van der Waals surface area contributed by atoms with Gasteiger partial charge in [0.15, 0.2) is 5.75 Å². The third-order valence-corrected chi connectivity index (χ3v) is 4.74. The van der Waals surface area contributed by atoms with Crippen LogP contribution < -0.4 is 10.2 Å². The van der Waals surface area contributed by atoms with Crippen molar-refractivity contribution in [3.05, 3.63) is 58.5 Å². The van der Waals surface area contributed by atoms with Crippen molar-refractivity contribution in [3.63, 3.8) is 0 Å². The van der Waals surface area contributed by atoms with Gasteiger partial charge in [-0.25, -0.2) is 4.79 Å².